The van der Waals surface area contributed by atoms with E-state index in [2.05, 4.69) is 6.92 Å². The molecular formula is C23H25NO5. The van der Waals surface area contributed by atoms with E-state index in [-0.39, 0.29) is 6.61 Å². The molecule has 0 spiro atoms. The van der Waals surface area contributed by atoms with Crippen molar-refractivity contribution >= 4 is 22.8 Å². The van der Waals surface area contributed by atoms with Crippen LogP contribution in [0, 0.1) is 6.92 Å². The number of aryl methyl sites for hydroxylation is 2. The van der Waals surface area contributed by atoms with Gasteiger partial charge in [-0.15, -0.1) is 0 Å². The number of nitrogens with zero attached hydrogens (tertiary/aromatic N) is 1. The van der Waals surface area contributed by atoms with E-state index in [9.17, 15) is 9.59 Å². The zero-order valence-electron chi connectivity index (χ0n) is 17.2. The van der Waals surface area contributed by atoms with Crippen LogP contribution in [0.5, 0.6) is 0 Å². The van der Waals surface area contributed by atoms with Crippen molar-refractivity contribution in [3.8, 4) is 0 Å². The molecule has 2 heterocycles. The van der Waals surface area contributed by atoms with E-state index in [4.69, 9.17) is 18.9 Å². The van der Waals surface area contributed by atoms with Gasteiger partial charge in [0, 0.05) is 11.1 Å². The molecule has 6 heteroatoms. The SMILES string of the molecule is CCCc1nc2ccccc2c(C(=O)OCc2cc(C(=O)OC)c(C)o2)c1CC. The van der Waals surface area contributed by atoms with Crippen LogP contribution >= 0.6 is 0 Å². The number of methoxy groups -OCH3 is 1. The Kier molecular flexibility index (Phi) is 6.32. The molecule has 0 atom stereocenters. The lowest BCUT2D eigenvalue weighted by Gasteiger charge is -2.15. The molecule has 3 rings (SSSR count). The molecule has 29 heavy (non-hydrogen) atoms. The summed E-state index contributed by atoms with van der Waals surface area (Å²) in [5.41, 5.74) is 3.51. The number of benzene rings is 1. The number of pyridine rings is 1. The summed E-state index contributed by atoms with van der Waals surface area (Å²) >= 11 is 0. The van der Waals surface area contributed by atoms with Gasteiger partial charge in [0.2, 0.25) is 0 Å². The van der Waals surface area contributed by atoms with Crippen LogP contribution in [-0.2, 0) is 28.9 Å². The third-order valence-corrected chi connectivity index (χ3v) is 4.84. The molecule has 2 aromatic heterocycles. The lowest BCUT2D eigenvalue weighted by atomic mass is 9.96. The van der Waals surface area contributed by atoms with E-state index in [1.807, 2.05) is 31.2 Å². The Hall–Kier alpha value is -3.15. The standard InChI is InChI=1S/C23H25NO5/c1-5-9-19-16(6-2)21(17-10-7-8-11-20(17)24-19)23(26)28-13-15-12-18(14(3)29-15)22(25)27-4/h7-8,10-12H,5-6,9,13H2,1-4H3. The van der Waals surface area contributed by atoms with Crippen LogP contribution in [0.15, 0.2) is 34.7 Å². The normalized spacial score (nSPS) is 10.9. The molecule has 0 N–H and O–H groups in total. The van der Waals surface area contributed by atoms with Crippen molar-refractivity contribution < 1.29 is 23.5 Å². The van der Waals surface area contributed by atoms with Gasteiger partial charge in [-0.2, -0.15) is 0 Å². The number of ether oxygens (including phenoxy) is 2. The quantitative estimate of drug-likeness (QED) is 0.535. The minimum atomic E-state index is -0.485. The second kappa shape index (κ2) is 8.90. The Morgan fingerprint density at radius 2 is 1.90 bits per heavy atom. The van der Waals surface area contributed by atoms with Crippen molar-refractivity contribution in [2.45, 2.75) is 46.6 Å². The molecule has 1 aromatic carbocycles. The zero-order chi connectivity index (χ0) is 21.0. The summed E-state index contributed by atoms with van der Waals surface area (Å²) in [5.74, 6) is -0.0916. The Bertz CT molecular complexity index is 1050. The maximum absolute atomic E-state index is 13.1. The van der Waals surface area contributed by atoms with Gasteiger partial charge < -0.3 is 13.9 Å². The van der Waals surface area contributed by atoms with Gasteiger partial charge in [0.15, 0.2) is 0 Å². The number of hydrogen-bond acceptors (Lipinski definition) is 6. The highest BCUT2D eigenvalue weighted by molar-refractivity contribution is 6.05. The number of carbonyl (C=O) groups excluding carboxylic acids is 2. The largest absolute Gasteiger partial charge is 0.465 e. The lowest BCUT2D eigenvalue weighted by Crippen LogP contribution is -2.12. The summed E-state index contributed by atoms with van der Waals surface area (Å²) in [4.78, 5) is 29.6. The summed E-state index contributed by atoms with van der Waals surface area (Å²) in [6.45, 7) is 5.70. The average molecular weight is 395 g/mol. The third-order valence-electron chi connectivity index (χ3n) is 4.84. The summed E-state index contributed by atoms with van der Waals surface area (Å²) in [7, 11) is 1.31. The third kappa shape index (κ3) is 4.16. The molecule has 3 aromatic rings. The van der Waals surface area contributed by atoms with Crippen molar-refractivity contribution in [2.75, 3.05) is 7.11 Å². The fourth-order valence-electron chi connectivity index (χ4n) is 3.50. The Labute approximate surface area is 169 Å². The van der Waals surface area contributed by atoms with E-state index in [0.717, 1.165) is 35.0 Å². The number of para-hydroxylation sites is 1. The molecule has 0 saturated heterocycles. The van der Waals surface area contributed by atoms with E-state index in [1.165, 1.54) is 7.11 Å². The molecule has 0 radical (unpaired) electrons. The average Bonchev–Trinajstić information content (AvgIpc) is 3.11. The molecule has 152 valence electrons. The van der Waals surface area contributed by atoms with Crippen LogP contribution in [0.25, 0.3) is 10.9 Å². The first-order valence-corrected chi connectivity index (χ1v) is 9.75. The van der Waals surface area contributed by atoms with Crippen LogP contribution in [0.1, 0.15) is 63.8 Å². The summed E-state index contributed by atoms with van der Waals surface area (Å²) in [6, 6.07) is 9.13. The predicted octanol–water partition coefficient (Wildman–Crippen LogP) is 4.79. The van der Waals surface area contributed by atoms with Crippen LogP contribution in [-0.4, -0.2) is 24.0 Å². The first kappa shape index (κ1) is 20.6. The number of rotatable bonds is 7. The van der Waals surface area contributed by atoms with Gasteiger partial charge in [0.1, 0.15) is 23.7 Å². The molecule has 0 aliphatic carbocycles. The Morgan fingerprint density at radius 1 is 1.14 bits per heavy atom. The van der Waals surface area contributed by atoms with Crippen molar-refractivity contribution in [3.63, 3.8) is 0 Å². The maximum atomic E-state index is 13.1. The van der Waals surface area contributed by atoms with E-state index >= 15 is 0 Å². The monoisotopic (exact) mass is 395 g/mol. The highest BCUT2D eigenvalue weighted by Gasteiger charge is 2.22. The van der Waals surface area contributed by atoms with E-state index < -0.39 is 11.9 Å². The number of furan rings is 1. The first-order chi connectivity index (χ1) is 14.0. The summed E-state index contributed by atoms with van der Waals surface area (Å²) in [6.07, 6.45) is 2.42. The Morgan fingerprint density at radius 3 is 2.59 bits per heavy atom. The molecular weight excluding hydrogens is 370 g/mol. The van der Waals surface area contributed by atoms with Crippen molar-refractivity contribution in [2.24, 2.45) is 0 Å². The molecule has 0 aliphatic heterocycles. The number of hydrogen-bond donors (Lipinski definition) is 0. The molecule has 0 unspecified atom stereocenters. The zero-order valence-corrected chi connectivity index (χ0v) is 17.2. The number of aromatic nitrogens is 1. The van der Waals surface area contributed by atoms with Gasteiger partial charge in [-0.3, -0.25) is 4.98 Å². The van der Waals surface area contributed by atoms with Crippen LogP contribution in [0.3, 0.4) is 0 Å². The van der Waals surface area contributed by atoms with Gasteiger partial charge in [-0.25, -0.2) is 9.59 Å². The van der Waals surface area contributed by atoms with E-state index in [1.54, 1.807) is 13.0 Å². The molecule has 0 amide bonds. The van der Waals surface area contributed by atoms with Crippen LogP contribution in [0.2, 0.25) is 0 Å². The van der Waals surface area contributed by atoms with Gasteiger partial charge in [-0.1, -0.05) is 38.5 Å². The molecule has 6 nitrogen and oxygen atoms in total. The topological polar surface area (TPSA) is 78.6 Å². The van der Waals surface area contributed by atoms with Gasteiger partial charge >= 0.3 is 11.9 Å². The van der Waals surface area contributed by atoms with Gasteiger partial charge in [0.05, 0.1) is 18.2 Å². The highest BCUT2D eigenvalue weighted by Crippen LogP contribution is 2.26. The predicted molar refractivity (Wildman–Crippen MR) is 109 cm³/mol. The van der Waals surface area contributed by atoms with Crippen molar-refractivity contribution in [1.82, 2.24) is 4.98 Å². The van der Waals surface area contributed by atoms with Crippen LogP contribution < -0.4 is 0 Å². The Balaban J connectivity index is 1.93. The molecule has 0 bridgehead atoms. The second-order valence-electron chi connectivity index (χ2n) is 6.78. The molecule has 0 aliphatic rings. The minimum absolute atomic E-state index is 0.0699. The summed E-state index contributed by atoms with van der Waals surface area (Å²) < 4.78 is 15.8. The first-order valence-electron chi connectivity index (χ1n) is 9.75. The minimum Gasteiger partial charge on any atom is -0.465 e. The highest BCUT2D eigenvalue weighted by atomic mass is 16.5. The van der Waals surface area contributed by atoms with Crippen LogP contribution in [0.4, 0.5) is 0 Å². The maximum Gasteiger partial charge on any atom is 0.341 e. The smallest absolute Gasteiger partial charge is 0.341 e. The van der Waals surface area contributed by atoms with Crippen molar-refractivity contribution in [1.29, 1.82) is 0 Å². The number of fused-ring (bicyclic) bond motifs is 1. The second-order valence-corrected chi connectivity index (χ2v) is 6.78. The fraction of sp³-hybridized carbons (Fsp3) is 0.348. The lowest BCUT2D eigenvalue weighted by molar-refractivity contribution is 0.0444. The molecule has 0 fully saturated rings. The summed E-state index contributed by atoms with van der Waals surface area (Å²) in [5, 5.41) is 0.778. The van der Waals surface area contributed by atoms with Gasteiger partial charge in [0.25, 0.3) is 0 Å². The number of carbonyl (C=O) groups is 2. The van der Waals surface area contributed by atoms with Gasteiger partial charge in [-0.05, 0) is 37.5 Å². The van der Waals surface area contributed by atoms with E-state index in [0.29, 0.717) is 29.1 Å². The number of esters is 2. The van der Waals surface area contributed by atoms with Crippen molar-refractivity contribution in [3.05, 3.63) is 64.2 Å². The molecule has 0 saturated carbocycles. The fourth-order valence-corrected chi connectivity index (χ4v) is 3.50.